The topological polar surface area (TPSA) is 64.9 Å². The van der Waals surface area contributed by atoms with Crippen molar-refractivity contribution in [3.05, 3.63) is 11.7 Å². The van der Waals surface area contributed by atoms with E-state index in [2.05, 4.69) is 30.6 Å². The molecule has 0 atom stereocenters. The fraction of sp³-hybridized carbons (Fsp3) is 0.667. The lowest BCUT2D eigenvalue weighted by Gasteiger charge is -1.98. The van der Waals surface area contributed by atoms with Crippen LogP contribution in [0.15, 0.2) is 4.52 Å². The molecule has 0 aromatic carbocycles. The van der Waals surface area contributed by atoms with Gasteiger partial charge in [-0.15, -0.1) is 0 Å². The summed E-state index contributed by atoms with van der Waals surface area (Å²) in [4.78, 5) is 0.240. The van der Waals surface area contributed by atoms with Gasteiger partial charge in [0.1, 0.15) is 0 Å². The Morgan fingerprint density at radius 1 is 1.54 bits per heavy atom. The Balaban J connectivity index is 2.64. The van der Waals surface area contributed by atoms with Crippen LogP contribution in [0.2, 0.25) is 0 Å². The molecule has 1 rings (SSSR count). The van der Waals surface area contributed by atoms with Crippen LogP contribution in [-0.2, 0) is 11.3 Å². The molecule has 0 bridgehead atoms. The number of aryl methyl sites for hydroxylation is 1. The Morgan fingerprint density at radius 3 is 2.69 bits per heavy atom. The molecule has 1 aromatic rings. The smallest absolute Gasteiger partial charge is 0.332 e. The molecule has 0 saturated heterocycles. The maximum absolute atomic E-state index is 12.5. The van der Waals surface area contributed by atoms with E-state index in [4.69, 9.17) is 5.73 Å². The van der Waals surface area contributed by atoms with Gasteiger partial charge in [0.05, 0.1) is 0 Å². The monoisotopic (exact) mass is 255 g/mol. The zero-order chi connectivity index (χ0) is 9.90. The summed E-state index contributed by atoms with van der Waals surface area (Å²) in [6.45, 7) is 0.467. The van der Waals surface area contributed by atoms with Crippen molar-refractivity contribution in [3.8, 4) is 0 Å². The normalized spacial score (nSPS) is 12.0. The van der Waals surface area contributed by atoms with E-state index in [9.17, 15) is 8.78 Å². The van der Waals surface area contributed by atoms with Gasteiger partial charge in [0.15, 0.2) is 5.82 Å². The SMILES string of the molecule is NCCCc1noc(C(F)(F)Br)n1. The minimum absolute atomic E-state index is 0.250. The Bertz CT molecular complexity index is 273. The summed E-state index contributed by atoms with van der Waals surface area (Å²) >= 11 is 2.11. The number of hydrogen-bond donors (Lipinski definition) is 1. The van der Waals surface area contributed by atoms with Gasteiger partial charge in [0.2, 0.25) is 0 Å². The van der Waals surface area contributed by atoms with Crippen LogP contribution >= 0.6 is 15.9 Å². The molecule has 13 heavy (non-hydrogen) atoms. The summed E-state index contributed by atoms with van der Waals surface area (Å²) in [5.74, 6) is -0.473. The van der Waals surface area contributed by atoms with Crippen LogP contribution in [0.4, 0.5) is 8.78 Å². The quantitative estimate of drug-likeness (QED) is 0.827. The molecule has 0 aliphatic carbocycles. The van der Waals surface area contributed by atoms with Gasteiger partial charge in [-0.1, -0.05) is 5.16 Å². The third-order valence-electron chi connectivity index (χ3n) is 1.32. The zero-order valence-electron chi connectivity index (χ0n) is 6.64. The molecule has 0 saturated carbocycles. The molecule has 7 heteroatoms. The maximum Gasteiger partial charge on any atom is 0.378 e. The lowest BCUT2D eigenvalue weighted by molar-refractivity contribution is 0.0725. The van der Waals surface area contributed by atoms with Crippen LogP contribution in [0.1, 0.15) is 18.1 Å². The van der Waals surface area contributed by atoms with Crippen molar-refractivity contribution in [2.75, 3.05) is 6.54 Å². The number of halogens is 3. The van der Waals surface area contributed by atoms with E-state index in [1.807, 2.05) is 0 Å². The molecule has 0 aliphatic heterocycles. The number of rotatable bonds is 4. The largest absolute Gasteiger partial charge is 0.378 e. The second-order valence-corrected chi connectivity index (χ2v) is 3.40. The first-order chi connectivity index (χ1) is 6.04. The van der Waals surface area contributed by atoms with Crippen LogP contribution < -0.4 is 5.73 Å². The fourth-order valence-corrected chi connectivity index (χ4v) is 0.892. The molecule has 0 unspecified atom stereocenters. The highest BCUT2D eigenvalue weighted by molar-refractivity contribution is 9.09. The summed E-state index contributed by atoms with van der Waals surface area (Å²) in [6, 6.07) is 0. The number of nitrogens with two attached hydrogens (primary N) is 1. The van der Waals surface area contributed by atoms with Crippen molar-refractivity contribution in [1.29, 1.82) is 0 Å². The summed E-state index contributed by atoms with van der Waals surface area (Å²) < 4.78 is 29.3. The van der Waals surface area contributed by atoms with E-state index in [1.54, 1.807) is 0 Å². The summed E-state index contributed by atoms with van der Waals surface area (Å²) in [5.41, 5.74) is 5.23. The number of aromatic nitrogens is 2. The lowest BCUT2D eigenvalue weighted by atomic mass is 10.3. The van der Waals surface area contributed by atoms with Crippen LogP contribution in [0.5, 0.6) is 0 Å². The van der Waals surface area contributed by atoms with E-state index in [0.717, 1.165) is 0 Å². The summed E-state index contributed by atoms with van der Waals surface area (Å²) in [7, 11) is 0. The highest BCUT2D eigenvalue weighted by Crippen LogP contribution is 2.32. The summed E-state index contributed by atoms with van der Waals surface area (Å²) in [6.07, 6.45) is 1.09. The third-order valence-corrected chi connectivity index (χ3v) is 1.65. The van der Waals surface area contributed by atoms with Crippen LogP contribution in [-0.4, -0.2) is 16.7 Å². The molecule has 0 amide bonds. The van der Waals surface area contributed by atoms with Gasteiger partial charge in [-0.2, -0.15) is 13.8 Å². The minimum atomic E-state index is -3.25. The van der Waals surface area contributed by atoms with E-state index in [-0.39, 0.29) is 5.82 Å². The number of hydrogen-bond acceptors (Lipinski definition) is 4. The van der Waals surface area contributed by atoms with Crippen molar-refractivity contribution < 1.29 is 13.3 Å². The van der Waals surface area contributed by atoms with Gasteiger partial charge in [-0.05, 0) is 13.0 Å². The van der Waals surface area contributed by atoms with E-state index in [0.29, 0.717) is 19.4 Å². The molecule has 4 nitrogen and oxygen atoms in total. The van der Waals surface area contributed by atoms with Gasteiger partial charge < -0.3 is 10.3 Å². The molecule has 0 fully saturated rings. The van der Waals surface area contributed by atoms with Gasteiger partial charge in [0, 0.05) is 22.4 Å². The minimum Gasteiger partial charge on any atom is -0.332 e. The first-order valence-corrected chi connectivity index (χ1v) is 4.43. The standard InChI is InChI=1S/C6H8BrF2N3O/c7-6(8,9)5-11-4(12-13-5)2-1-3-10/h1-3,10H2. The second kappa shape index (κ2) is 4.10. The Hall–Kier alpha value is -0.560. The molecule has 0 aliphatic rings. The second-order valence-electron chi connectivity index (χ2n) is 2.41. The van der Waals surface area contributed by atoms with E-state index >= 15 is 0 Å². The van der Waals surface area contributed by atoms with E-state index < -0.39 is 10.7 Å². The highest BCUT2D eigenvalue weighted by Gasteiger charge is 2.34. The van der Waals surface area contributed by atoms with Gasteiger partial charge in [0.25, 0.3) is 0 Å². The van der Waals surface area contributed by atoms with Crippen LogP contribution in [0.3, 0.4) is 0 Å². The molecule has 0 spiro atoms. The average Bonchev–Trinajstić information content (AvgIpc) is 2.47. The molecule has 74 valence electrons. The molecule has 2 N–H and O–H groups in total. The first-order valence-electron chi connectivity index (χ1n) is 3.64. The van der Waals surface area contributed by atoms with E-state index in [1.165, 1.54) is 0 Å². The average molecular weight is 256 g/mol. The van der Waals surface area contributed by atoms with Crippen molar-refractivity contribution in [2.24, 2.45) is 5.73 Å². The van der Waals surface area contributed by atoms with Crippen molar-refractivity contribution in [3.63, 3.8) is 0 Å². The van der Waals surface area contributed by atoms with Crippen LogP contribution in [0.25, 0.3) is 0 Å². The molecule has 1 heterocycles. The van der Waals surface area contributed by atoms with Gasteiger partial charge in [-0.25, -0.2) is 0 Å². The van der Waals surface area contributed by atoms with Crippen molar-refractivity contribution in [2.45, 2.75) is 17.7 Å². The summed E-state index contributed by atoms with van der Waals surface area (Å²) in [5, 5.41) is 3.37. The fourth-order valence-electron chi connectivity index (χ4n) is 0.731. The Kier molecular flexibility index (Phi) is 3.32. The predicted molar refractivity (Wildman–Crippen MR) is 44.5 cm³/mol. The van der Waals surface area contributed by atoms with Crippen LogP contribution in [0, 0.1) is 0 Å². The molecule has 1 aromatic heterocycles. The lowest BCUT2D eigenvalue weighted by Crippen LogP contribution is -2.04. The molecule has 0 radical (unpaired) electrons. The van der Waals surface area contributed by atoms with Gasteiger partial charge >= 0.3 is 10.7 Å². The van der Waals surface area contributed by atoms with Crippen molar-refractivity contribution in [1.82, 2.24) is 10.1 Å². The Labute approximate surface area is 81.6 Å². The van der Waals surface area contributed by atoms with Crippen molar-refractivity contribution >= 4 is 15.9 Å². The molecular weight excluding hydrogens is 248 g/mol. The predicted octanol–water partition coefficient (Wildman–Crippen LogP) is 1.41. The highest BCUT2D eigenvalue weighted by atomic mass is 79.9. The van der Waals surface area contributed by atoms with Gasteiger partial charge in [-0.3, -0.25) is 0 Å². The molecular formula is C6H8BrF2N3O. The zero-order valence-corrected chi connectivity index (χ0v) is 8.22. The Morgan fingerprint density at radius 2 is 2.23 bits per heavy atom. The number of alkyl halides is 3. The number of nitrogens with zero attached hydrogens (tertiary/aromatic N) is 2. The first kappa shape index (κ1) is 10.5. The third kappa shape index (κ3) is 3.00. The maximum atomic E-state index is 12.5.